The summed E-state index contributed by atoms with van der Waals surface area (Å²) in [4.78, 5) is 22.5. The number of para-hydroxylation sites is 1. The Morgan fingerprint density at radius 2 is 1.95 bits per heavy atom. The minimum Gasteiger partial charge on any atom is -0.398 e. The van der Waals surface area contributed by atoms with Crippen molar-refractivity contribution < 1.29 is 9.59 Å². The number of hydrogen-bond donors (Lipinski definition) is 3. The zero-order chi connectivity index (χ0) is 16.1. The molecule has 0 atom stereocenters. The molecule has 110 valence electrons. The Morgan fingerprint density at radius 1 is 1.23 bits per heavy atom. The van der Waals surface area contributed by atoms with Gasteiger partial charge in [-0.05, 0) is 30.3 Å². The molecule has 0 bridgehead atoms. The van der Waals surface area contributed by atoms with Gasteiger partial charge in [-0.25, -0.2) is 0 Å². The number of rotatable bonds is 5. The Bertz CT molecular complexity index is 766. The minimum absolute atomic E-state index is 0.177. The first-order valence-electron chi connectivity index (χ1n) is 6.52. The van der Waals surface area contributed by atoms with Gasteiger partial charge in [0.25, 0.3) is 0 Å². The monoisotopic (exact) mass is 293 g/mol. The van der Waals surface area contributed by atoms with Crippen LogP contribution in [0.15, 0.2) is 55.1 Å². The number of anilines is 2. The van der Waals surface area contributed by atoms with Crippen LogP contribution in [0.4, 0.5) is 11.4 Å². The van der Waals surface area contributed by atoms with Crippen LogP contribution in [0.25, 0.3) is 0 Å². The summed E-state index contributed by atoms with van der Waals surface area (Å²) in [6, 6.07) is 11.7. The van der Waals surface area contributed by atoms with Gasteiger partial charge in [0, 0.05) is 28.1 Å². The Balaban J connectivity index is 2.46. The maximum Gasteiger partial charge on any atom is 0.247 e. The van der Waals surface area contributed by atoms with Crippen molar-refractivity contribution in [2.75, 3.05) is 11.1 Å². The Kier molecular flexibility index (Phi) is 4.48. The molecule has 0 fully saturated rings. The zero-order valence-electron chi connectivity index (χ0n) is 11.8. The second kappa shape index (κ2) is 6.49. The van der Waals surface area contributed by atoms with Crippen LogP contribution in [-0.2, 0) is 4.79 Å². The van der Waals surface area contributed by atoms with Gasteiger partial charge < -0.3 is 11.1 Å². The highest BCUT2D eigenvalue weighted by Gasteiger charge is 2.11. The van der Waals surface area contributed by atoms with Crippen molar-refractivity contribution in [3.05, 3.63) is 71.8 Å². The summed E-state index contributed by atoms with van der Waals surface area (Å²) >= 11 is 0. The lowest BCUT2D eigenvalue weighted by Gasteiger charge is -2.11. The topological polar surface area (TPSA) is 96.0 Å². The van der Waals surface area contributed by atoms with Crippen LogP contribution < -0.4 is 11.1 Å². The molecule has 0 saturated carbocycles. The second-order valence-corrected chi connectivity index (χ2v) is 4.62. The average molecular weight is 293 g/mol. The van der Waals surface area contributed by atoms with Crippen LogP contribution in [0.5, 0.6) is 0 Å². The van der Waals surface area contributed by atoms with E-state index in [4.69, 9.17) is 11.1 Å². The number of benzene rings is 2. The van der Waals surface area contributed by atoms with Crippen LogP contribution in [0.1, 0.15) is 21.5 Å². The summed E-state index contributed by atoms with van der Waals surface area (Å²) in [5.41, 5.74) is 8.35. The lowest BCUT2D eigenvalue weighted by Crippen LogP contribution is -2.10. The van der Waals surface area contributed by atoms with Crippen LogP contribution in [0.2, 0.25) is 0 Å². The fourth-order valence-electron chi connectivity index (χ4n) is 2.01. The van der Waals surface area contributed by atoms with Crippen LogP contribution in [-0.4, -0.2) is 17.9 Å². The van der Waals surface area contributed by atoms with Crippen molar-refractivity contribution in [2.45, 2.75) is 0 Å². The van der Waals surface area contributed by atoms with Crippen molar-refractivity contribution in [1.29, 1.82) is 5.41 Å². The number of carbonyl (C=O) groups excluding carboxylic acids is 2. The van der Waals surface area contributed by atoms with Crippen molar-refractivity contribution in [3.63, 3.8) is 0 Å². The number of carbonyl (C=O) groups is 2. The molecule has 2 aromatic carbocycles. The van der Waals surface area contributed by atoms with E-state index < -0.39 is 0 Å². The summed E-state index contributed by atoms with van der Waals surface area (Å²) in [7, 11) is 0. The van der Waals surface area contributed by atoms with Crippen LogP contribution in [0, 0.1) is 5.41 Å². The summed E-state index contributed by atoms with van der Waals surface area (Å²) in [5.74, 6) is -0.389. The third-order valence-electron chi connectivity index (χ3n) is 3.06. The Hall–Kier alpha value is -3.21. The highest BCUT2D eigenvalue weighted by molar-refractivity contribution is 6.15. The first-order chi connectivity index (χ1) is 10.5. The maximum atomic E-state index is 11.4. The quantitative estimate of drug-likeness (QED) is 0.342. The lowest BCUT2D eigenvalue weighted by molar-refractivity contribution is -0.111. The molecule has 0 aliphatic carbocycles. The van der Waals surface area contributed by atoms with Gasteiger partial charge in [0.1, 0.15) is 6.29 Å². The molecule has 0 saturated heterocycles. The van der Waals surface area contributed by atoms with Gasteiger partial charge >= 0.3 is 0 Å². The van der Waals surface area contributed by atoms with Crippen molar-refractivity contribution in [1.82, 2.24) is 0 Å². The van der Waals surface area contributed by atoms with E-state index in [-0.39, 0.29) is 11.6 Å². The molecule has 0 aromatic heterocycles. The van der Waals surface area contributed by atoms with E-state index in [1.807, 2.05) is 0 Å². The van der Waals surface area contributed by atoms with E-state index in [2.05, 4.69) is 11.9 Å². The predicted octanol–water partition coefficient (Wildman–Crippen LogP) is 2.62. The lowest BCUT2D eigenvalue weighted by atomic mass is 9.98. The van der Waals surface area contributed by atoms with Gasteiger partial charge in [-0.3, -0.25) is 15.0 Å². The van der Waals surface area contributed by atoms with Gasteiger partial charge in [0.2, 0.25) is 5.91 Å². The molecule has 5 nitrogen and oxygen atoms in total. The summed E-state index contributed by atoms with van der Waals surface area (Å²) in [5, 5.41) is 10.9. The first kappa shape index (κ1) is 15.2. The van der Waals surface area contributed by atoms with Crippen LogP contribution in [0.3, 0.4) is 0 Å². The summed E-state index contributed by atoms with van der Waals surface area (Å²) < 4.78 is 0. The molecule has 2 rings (SSSR count). The number of aldehydes is 1. The molecule has 0 unspecified atom stereocenters. The fraction of sp³-hybridized carbons (Fsp3) is 0. The molecular formula is C17H15N3O2. The molecule has 0 spiro atoms. The molecule has 4 N–H and O–H groups in total. The van der Waals surface area contributed by atoms with Gasteiger partial charge in [-0.1, -0.05) is 24.8 Å². The molecule has 0 aliphatic rings. The summed E-state index contributed by atoms with van der Waals surface area (Å²) in [6.07, 6.45) is 1.79. The number of hydrogen-bond acceptors (Lipinski definition) is 4. The second-order valence-electron chi connectivity index (χ2n) is 4.62. The van der Waals surface area contributed by atoms with Gasteiger partial charge in [-0.2, -0.15) is 0 Å². The molecule has 5 heteroatoms. The molecule has 0 radical (unpaired) electrons. The highest BCUT2D eigenvalue weighted by atomic mass is 16.1. The Morgan fingerprint density at radius 3 is 2.59 bits per heavy atom. The molecular weight excluding hydrogens is 278 g/mol. The third kappa shape index (κ3) is 3.27. The number of nitrogens with one attached hydrogen (secondary N) is 2. The highest BCUT2D eigenvalue weighted by Crippen LogP contribution is 2.20. The molecule has 22 heavy (non-hydrogen) atoms. The third-order valence-corrected chi connectivity index (χ3v) is 3.06. The molecule has 2 aromatic rings. The Labute approximate surface area is 128 Å². The average Bonchev–Trinajstić information content (AvgIpc) is 2.54. The number of nitrogen functional groups attached to an aromatic ring is 1. The van der Waals surface area contributed by atoms with E-state index in [0.717, 1.165) is 6.08 Å². The van der Waals surface area contributed by atoms with Crippen molar-refractivity contribution in [2.24, 2.45) is 0 Å². The normalized spacial score (nSPS) is 9.82. The van der Waals surface area contributed by atoms with E-state index >= 15 is 0 Å². The molecule has 1 amide bonds. The van der Waals surface area contributed by atoms with E-state index in [9.17, 15) is 9.59 Å². The van der Waals surface area contributed by atoms with E-state index in [1.54, 1.807) is 36.4 Å². The largest absolute Gasteiger partial charge is 0.398 e. The van der Waals surface area contributed by atoms with E-state index in [1.165, 1.54) is 6.07 Å². The number of amides is 1. The van der Waals surface area contributed by atoms with Crippen molar-refractivity contribution >= 4 is 29.3 Å². The molecule has 0 aliphatic heterocycles. The smallest absolute Gasteiger partial charge is 0.247 e. The minimum atomic E-state index is -0.389. The van der Waals surface area contributed by atoms with Gasteiger partial charge in [0.15, 0.2) is 0 Å². The maximum absolute atomic E-state index is 11.4. The molecule has 0 heterocycles. The van der Waals surface area contributed by atoms with E-state index in [0.29, 0.717) is 34.4 Å². The SMILES string of the molecule is C=CC(=O)Nc1cc(C=O)cc(C(=N)c2ccccc2N)c1. The van der Waals surface area contributed by atoms with Crippen molar-refractivity contribution in [3.8, 4) is 0 Å². The van der Waals surface area contributed by atoms with Crippen LogP contribution >= 0.6 is 0 Å². The number of nitrogens with two attached hydrogens (primary N) is 1. The van der Waals surface area contributed by atoms with Gasteiger partial charge in [-0.15, -0.1) is 0 Å². The fourth-order valence-corrected chi connectivity index (χ4v) is 2.01. The summed E-state index contributed by atoms with van der Waals surface area (Å²) in [6.45, 7) is 3.38. The predicted molar refractivity (Wildman–Crippen MR) is 87.4 cm³/mol. The first-order valence-corrected chi connectivity index (χ1v) is 6.52. The van der Waals surface area contributed by atoms with Gasteiger partial charge in [0.05, 0.1) is 5.71 Å². The standard InChI is InChI=1S/C17H15N3O2/c1-2-16(22)20-13-8-11(10-21)7-12(9-13)17(19)14-5-3-4-6-15(14)18/h2-10,19H,1,18H2,(H,20,22). The zero-order valence-corrected chi connectivity index (χ0v) is 11.8.